The molecular weight excluding hydrogens is 388 g/mol. The number of aliphatic carboxylic acids is 1. The minimum atomic E-state index is -0.816. The van der Waals surface area contributed by atoms with Gasteiger partial charge in [0.25, 0.3) is 0 Å². The van der Waals surface area contributed by atoms with Gasteiger partial charge in [-0.3, -0.25) is 0 Å². The third kappa shape index (κ3) is 4.97. The molecule has 0 bridgehead atoms. The molecule has 158 valence electrons. The SMILES string of the molecule is CC/C(C(=O)O)=C1/CCCc2cc(OCc3cccc(Oc4ccccc4)c3)ccc21. The molecule has 0 aromatic heterocycles. The van der Waals surface area contributed by atoms with Gasteiger partial charge in [-0.25, -0.2) is 4.79 Å². The third-order valence-electron chi connectivity index (χ3n) is 5.53. The third-order valence-corrected chi connectivity index (χ3v) is 5.53. The van der Waals surface area contributed by atoms with Crippen molar-refractivity contribution in [1.82, 2.24) is 0 Å². The number of allylic oxidation sites excluding steroid dienone is 1. The van der Waals surface area contributed by atoms with Gasteiger partial charge in [0.15, 0.2) is 0 Å². The second-order valence-corrected chi connectivity index (χ2v) is 7.64. The highest BCUT2D eigenvalue weighted by atomic mass is 16.5. The number of para-hydroxylation sites is 1. The van der Waals surface area contributed by atoms with Crippen molar-refractivity contribution in [2.24, 2.45) is 0 Å². The highest BCUT2D eigenvalue weighted by molar-refractivity contribution is 5.97. The number of carboxylic acid groups (broad SMARTS) is 1. The maximum absolute atomic E-state index is 11.6. The van der Waals surface area contributed by atoms with Crippen LogP contribution < -0.4 is 9.47 Å². The summed E-state index contributed by atoms with van der Waals surface area (Å²) in [6, 6.07) is 23.6. The Balaban J connectivity index is 1.48. The van der Waals surface area contributed by atoms with Crippen LogP contribution in [0.2, 0.25) is 0 Å². The monoisotopic (exact) mass is 414 g/mol. The first-order valence-electron chi connectivity index (χ1n) is 10.7. The van der Waals surface area contributed by atoms with Crippen molar-refractivity contribution in [3.8, 4) is 17.2 Å². The molecule has 4 nitrogen and oxygen atoms in total. The Labute approximate surface area is 182 Å². The smallest absolute Gasteiger partial charge is 0.331 e. The molecule has 3 aromatic carbocycles. The summed E-state index contributed by atoms with van der Waals surface area (Å²) in [5.74, 6) is 1.55. The average Bonchev–Trinajstić information content (AvgIpc) is 2.79. The lowest BCUT2D eigenvalue weighted by Gasteiger charge is -2.22. The Morgan fingerprint density at radius 3 is 2.48 bits per heavy atom. The molecule has 0 heterocycles. The first kappa shape index (κ1) is 20.7. The Hall–Kier alpha value is -3.53. The Kier molecular flexibility index (Phi) is 6.37. The number of hydrogen-bond donors (Lipinski definition) is 1. The molecule has 1 aliphatic carbocycles. The number of hydrogen-bond acceptors (Lipinski definition) is 3. The lowest BCUT2D eigenvalue weighted by molar-refractivity contribution is -0.132. The zero-order chi connectivity index (χ0) is 21.6. The van der Waals surface area contributed by atoms with E-state index < -0.39 is 5.97 Å². The lowest BCUT2D eigenvalue weighted by Crippen LogP contribution is -2.09. The molecular formula is C27H26O4. The van der Waals surface area contributed by atoms with Crippen LogP contribution in [0.1, 0.15) is 42.9 Å². The normalized spacial score (nSPS) is 14.5. The zero-order valence-corrected chi connectivity index (χ0v) is 17.6. The number of carboxylic acids is 1. The van der Waals surface area contributed by atoms with Gasteiger partial charge in [-0.15, -0.1) is 0 Å². The topological polar surface area (TPSA) is 55.8 Å². The minimum Gasteiger partial charge on any atom is -0.489 e. The summed E-state index contributed by atoms with van der Waals surface area (Å²) in [5.41, 5.74) is 4.72. The van der Waals surface area contributed by atoms with E-state index in [2.05, 4.69) is 0 Å². The van der Waals surface area contributed by atoms with Crippen LogP contribution >= 0.6 is 0 Å². The summed E-state index contributed by atoms with van der Waals surface area (Å²) in [5, 5.41) is 9.54. The predicted octanol–water partition coefficient (Wildman–Crippen LogP) is 6.64. The summed E-state index contributed by atoms with van der Waals surface area (Å²) in [7, 11) is 0. The maximum Gasteiger partial charge on any atom is 0.331 e. The van der Waals surface area contributed by atoms with Crippen LogP contribution in [-0.4, -0.2) is 11.1 Å². The van der Waals surface area contributed by atoms with E-state index in [1.54, 1.807) is 0 Å². The molecule has 0 saturated heterocycles. The molecule has 0 spiro atoms. The molecule has 31 heavy (non-hydrogen) atoms. The number of aryl methyl sites for hydroxylation is 1. The Morgan fingerprint density at radius 1 is 0.903 bits per heavy atom. The van der Waals surface area contributed by atoms with Crippen molar-refractivity contribution in [2.45, 2.75) is 39.2 Å². The second-order valence-electron chi connectivity index (χ2n) is 7.64. The highest BCUT2D eigenvalue weighted by Gasteiger charge is 2.21. The van der Waals surface area contributed by atoms with Crippen molar-refractivity contribution in [1.29, 1.82) is 0 Å². The standard InChI is InChI=1S/C27H26O4/c1-2-24(27(28)29)26-13-7-9-20-17-22(14-15-25(20)26)30-18-19-8-6-12-23(16-19)31-21-10-4-3-5-11-21/h3-6,8,10-12,14-17H,2,7,9,13,18H2,1H3,(H,28,29)/b26-24+. The molecule has 0 aliphatic heterocycles. The van der Waals surface area contributed by atoms with E-state index in [0.29, 0.717) is 18.6 Å². The average molecular weight is 415 g/mol. The summed E-state index contributed by atoms with van der Waals surface area (Å²) in [6.07, 6.45) is 3.25. The van der Waals surface area contributed by atoms with Crippen LogP contribution in [-0.2, 0) is 17.8 Å². The second kappa shape index (κ2) is 9.52. The van der Waals surface area contributed by atoms with Gasteiger partial charge in [0.05, 0.1) is 0 Å². The number of ether oxygens (including phenoxy) is 2. The molecule has 1 aliphatic rings. The molecule has 0 unspecified atom stereocenters. The van der Waals surface area contributed by atoms with E-state index in [1.165, 1.54) is 0 Å². The minimum absolute atomic E-state index is 0.433. The van der Waals surface area contributed by atoms with Crippen molar-refractivity contribution < 1.29 is 19.4 Å². The first-order valence-corrected chi connectivity index (χ1v) is 10.7. The van der Waals surface area contributed by atoms with Crippen LogP contribution in [0.4, 0.5) is 0 Å². The van der Waals surface area contributed by atoms with E-state index in [1.807, 2.05) is 79.7 Å². The molecule has 0 amide bonds. The van der Waals surface area contributed by atoms with Gasteiger partial charge in [-0.2, -0.15) is 0 Å². The van der Waals surface area contributed by atoms with Crippen LogP contribution in [0.15, 0.2) is 78.4 Å². The summed E-state index contributed by atoms with van der Waals surface area (Å²) in [4.78, 5) is 11.6. The van der Waals surface area contributed by atoms with Gasteiger partial charge >= 0.3 is 5.97 Å². The Morgan fingerprint density at radius 2 is 1.71 bits per heavy atom. The van der Waals surface area contributed by atoms with Gasteiger partial charge in [0.2, 0.25) is 0 Å². The fourth-order valence-electron chi connectivity index (χ4n) is 4.05. The number of carbonyl (C=O) groups is 1. The zero-order valence-electron chi connectivity index (χ0n) is 17.6. The number of benzene rings is 3. The molecule has 3 aromatic rings. The van der Waals surface area contributed by atoms with E-state index >= 15 is 0 Å². The number of fused-ring (bicyclic) bond motifs is 1. The lowest BCUT2D eigenvalue weighted by atomic mass is 9.84. The van der Waals surface area contributed by atoms with E-state index in [4.69, 9.17) is 9.47 Å². The van der Waals surface area contributed by atoms with E-state index in [9.17, 15) is 9.90 Å². The molecule has 1 N–H and O–H groups in total. The van der Waals surface area contributed by atoms with Crippen LogP contribution in [0.5, 0.6) is 17.2 Å². The summed E-state index contributed by atoms with van der Waals surface area (Å²) in [6.45, 7) is 2.33. The fraction of sp³-hybridized carbons (Fsp3) is 0.222. The molecule has 4 heteroatoms. The quantitative estimate of drug-likeness (QED) is 0.440. The van der Waals surface area contributed by atoms with Crippen LogP contribution in [0, 0.1) is 0 Å². The van der Waals surface area contributed by atoms with Crippen molar-refractivity contribution in [3.05, 3.63) is 95.1 Å². The van der Waals surface area contributed by atoms with Gasteiger partial charge < -0.3 is 14.6 Å². The summed E-state index contributed by atoms with van der Waals surface area (Å²) < 4.78 is 11.9. The molecule has 4 rings (SSSR count). The van der Waals surface area contributed by atoms with Crippen molar-refractivity contribution in [2.75, 3.05) is 0 Å². The van der Waals surface area contributed by atoms with Crippen LogP contribution in [0.3, 0.4) is 0 Å². The fourth-order valence-corrected chi connectivity index (χ4v) is 4.05. The van der Waals surface area contributed by atoms with Crippen molar-refractivity contribution >= 4 is 11.5 Å². The highest BCUT2D eigenvalue weighted by Crippen LogP contribution is 2.36. The van der Waals surface area contributed by atoms with Crippen molar-refractivity contribution in [3.63, 3.8) is 0 Å². The largest absolute Gasteiger partial charge is 0.489 e. The summed E-state index contributed by atoms with van der Waals surface area (Å²) >= 11 is 0. The molecule has 0 atom stereocenters. The van der Waals surface area contributed by atoms with Gasteiger partial charge in [-0.05, 0) is 84.3 Å². The van der Waals surface area contributed by atoms with E-state index in [-0.39, 0.29) is 0 Å². The maximum atomic E-state index is 11.6. The predicted molar refractivity (Wildman–Crippen MR) is 122 cm³/mol. The first-order chi connectivity index (χ1) is 15.1. The molecule has 0 radical (unpaired) electrons. The van der Waals surface area contributed by atoms with E-state index in [0.717, 1.165) is 58.8 Å². The molecule has 0 fully saturated rings. The van der Waals surface area contributed by atoms with Gasteiger partial charge in [-0.1, -0.05) is 43.3 Å². The number of rotatable bonds is 7. The van der Waals surface area contributed by atoms with Crippen LogP contribution in [0.25, 0.3) is 5.57 Å². The Bertz CT molecular complexity index is 1100. The molecule has 0 saturated carbocycles. The van der Waals surface area contributed by atoms with Gasteiger partial charge in [0, 0.05) is 5.57 Å². The van der Waals surface area contributed by atoms with Gasteiger partial charge in [0.1, 0.15) is 23.9 Å².